The van der Waals surface area contributed by atoms with Crippen LogP contribution < -0.4 is 21.0 Å². The minimum absolute atomic E-state index is 0.392. The van der Waals surface area contributed by atoms with E-state index in [1.54, 1.807) is 0 Å². The quantitative estimate of drug-likeness (QED) is 0.478. The van der Waals surface area contributed by atoms with Gasteiger partial charge in [0.15, 0.2) is 10.7 Å². The summed E-state index contributed by atoms with van der Waals surface area (Å²) in [4.78, 5) is 11.7. The fourth-order valence-corrected chi connectivity index (χ4v) is 2.50. The molecule has 0 aliphatic rings. The lowest BCUT2D eigenvalue weighted by molar-refractivity contribution is 0.342. The molecule has 2 aromatic rings. The summed E-state index contributed by atoms with van der Waals surface area (Å²) in [5.41, 5.74) is 1.50. The van der Waals surface area contributed by atoms with Crippen molar-refractivity contribution in [3.8, 4) is 5.75 Å². The van der Waals surface area contributed by atoms with E-state index in [0.29, 0.717) is 28.7 Å². The third-order valence-corrected chi connectivity index (χ3v) is 3.68. The van der Waals surface area contributed by atoms with Crippen LogP contribution >= 0.6 is 12.2 Å². The van der Waals surface area contributed by atoms with Crippen LogP contribution in [0.15, 0.2) is 27.4 Å². The van der Waals surface area contributed by atoms with Crippen LogP contribution in [-0.2, 0) is 0 Å². The number of aryl methyl sites for hydroxylation is 1. The van der Waals surface area contributed by atoms with Crippen LogP contribution in [0.2, 0.25) is 0 Å². The predicted molar refractivity (Wildman–Crippen MR) is 97.5 cm³/mol. The Morgan fingerprint density at radius 1 is 1.35 bits per heavy atom. The Bertz CT molecular complexity index is 755. The molecule has 23 heavy (non-hydrogen) atoms. The predicted octanol–water partition coefficient (Wildman–Crippen LogP) is 3.59. The van der Waals surface area contributed by atoms with Gasteiger partial charge >= 0.3 is 5.63 Å². The first kappa shape index (κ1) is 17.3. The van der Waals surface area contributed by atoms with Crippen LogP contribution in [0, 0.1) is 6.92 Å². The van der Waals surface area contributed by atoms with Crippen molar-refractivity contribution < 1.29 is 9.15 Å². The maximum atomic E-state index is 11.7. The third kappa shape index (κ3) is 4.22. The summed E-state index contributed by atoms with van der Waals surface area (Å²) in [6.07, 6.45) is 2.12. The molecule has 0 radical (unpaired) electrons. The average molecular weight is 334 g/mol. The van der Waals surface area contributed by atoms with Gasteiger partial charge in [-0.2, -0.15) is 0 Å². The van der Waals surface area contributed by atoms with E-state index in [9.17, 15) is 4.79 Å². The minimum Gasteiger partial charge on any atom is -0.492 e. The van der Waals surface area contributed by atoms with Crippen LogP contribution in [0.1, 0.15) is 32.3 Å². The van der Waals surface area contributed by atoms with Crippen LogP contribution in [0.5, 0.6) is 5.75 Å². The Kier molecular flexibility index (Phi) is 5.98. The number of rotatable bonds is 6. The Balaban J connectivity index is 2.43. The summed E-state index contributed by atoms with van der Waals surface area (Å²) < 4.78 is 11.0. The SMILES string of the molecule is CCCCNC(=S)Nc1c(OCC)ccc2c(C)cc(=O)oc12. The molecule has 2 N–H and O–H groups in total. The monoisotopic (exact) mass is 334 g/mol. The largest absolute Gasteiger partial charge is 0.492 e. The number of nitrogens with one attached hydrogen (secondary N) is 2. The molecule has 5 nitrogen and oxygen atoms in total. The molecule has 0 atom stereocenters. The van der Waals surface area contributed by atoms with Crippen LogP contribution in [-0.4, -0.2) is 18.3 Å². The van der Waals surface area contributed by atoms with E-state index in [2.05, 4.69) is 17.6 Å². The van der Waals surface area contributed by atoms with Crippen LogP contribution in [0.25, 0.3) is 11.0 Å². The van der Waals surface area contributed by atoms with Gasteiger partial charge in [-0.3, -0.25) is 0 Å². The van der Waals surface area contributed by atoms with Crippen molar-refractivity contribution in [3.05, 3.63) is 34.2 Å². The van der Waals surface area contributed by atoms with E-state index in [1.165, 1.54) is 6.07 Å². The number of fused-ring (bicyclic) bond motifs is 1. The molecule has 1 aromatic heterocycles. The fraction of sp³-hybridized carbons (Fsp3) is 0.412. The first-order chi connectivity index (χ1) is 11.1. The molecule has 0 aliphatic heterocycles. The van der Waals surface area contributed by atoms with E-state index in [0.717, 1.165) is 30.3 Å². The minimum atomic E-state index is -0.392. The normalized spacial score (nSPS) is 10.6. The van der Waals surface area contributed by atoms with E-state index >= 15 is 0 Å². The van der Waals surface area contributed by atoms with Gasteiger partial charge in [-0.15, -0.1) is 0 Å². The van der Waals surface area contributed by atoms with Crippen LogP contribution in [0.3, 0.4) is 0 Å². The second kappa shape index (κ2) is 7.97. The molecule has 1 heterocycles. The third-order valence-electron chi connectivity index (χ3n) is 3.44. The van der Waals surface area contributed by atoms with Crippen molar-refractivity contribution in [3.63, 3.8) is 0 Å². The molecule has 0 fully saturated rings. The lowest BCUT2D eigenvalue weighted by Gasteiger charge is -2.16. The number of hydrogen-bond acceptors (Lipinski definition) is 4. The van der Waals surface area contributed by atoms with Gasteiger partial charge in [0.25, 0.3) is 0 Å². The van der Waals surface area contributed by atoms with Gasteiger partial charge in [-0.05, 0) is 50.2 Å². The number of hydrogen-bond donors (Lipinski definition) is 2. The van der Waals surface area contributed by atoms with E-state index in [4.69, 9.17) is 21.4 Å². The van der Waals surface area contributed by atoms with Gasteiger partial charge in [-0.1, -0.05) is 13.3 Å². The van der Waals surface area contributed by atoms with Gasteiger partial charge in [-0.25, -0.2) is 4.79 Å². The maximum absolute atomic E-state index is 11.7. The van der Waals surface area contributed by atoms with E-state index in [1.807, 2.05) is 26.0 Å². The first-order valence-electron chi connectivity index (χ1n) is 7.82. The number of thiocarbonyl (C=S) groups is 1. The van der Waals surface area contributed by atoms with Gasteiger partial charge < -0.3 is 19.8 Å². The summed E-state index contributed by atoms with van der Waals surface area (Å²) in [5, 5.41) is 7.59. The molecule has 0 spiro atoms. The molecule has 0 unspecified atom stereocenters. The second-order valence-corrected chi connectivity index (χ2v) is 5.64. The lowest BCUT2D eigenvalue weighted by Crippen LogP contribution is -2.29. The second-order valence-electron chi connectivity index (χ2n) is 5.23. The smallest absolute Gasteiger partial charge is 0.336 e. The Hall–Kier alpha value is -2.08. The fourth-order valence-electron chi connectivity index (χ4n) is 2.30. The highest BCUT2D eigenvalue weighted by Gasteiger charge is 2.14. The zero-order valence-corrected chi connectivity index (χ0v) is 14.5. The van der Waals surface area contributed by atoms with Crippen molar-refractivity contribution in [1.82, 2.24) is 5.32 Å². The van der Waals surface area contributed by atoms with Crippen molar-refractivity contribution in [2.45, 2.75) is 33.6 Å². The maximum Gasteiger partial charge on any atom is 0.336 e. The molecule has 0 amide bonds. The standard InChI is InChI=1S/C17H22N2O3S/c1-4-6-9-18-17(23)19-15-13(21-5-2)8-7-12-11(3)10-14(20)22-16(12)15/h7-8,10H,4-6,9H2,1-3H3,(H2,18,19,23). The molecule has 0 bridgehead atoms. The number of anilines is 1. The summed E-state index contributed by atoms with van der Waals surface area (Å²) in [7, 11) is 0. The van der Waals surface area contributed by atoms with E-state index in [-0.39, 0.29) is 0 Å². The molecule has 0 saturated heterocycles. The molecular weight excluding hydrogens is 312 g/mol. The summed E-state index contributed by atoms with van der Waals surface area (Å²) in [6.45, 7) is 7.19. The highest BCUT2D eigenvalue weighted by molar-refractivity contribution is 7.80. The van der Waals surface area contributed by atoms with E-state index < -0.39 is 5.63 Å². The molecule has 0 saturated carbocycles. The Labute approximate surface area is 141 Å². The first-order valence-corrected chi connectivity index (χ1v) is 8.22. The molecular formula is C17H22N2O3S. The van der Waals surface area contributed by atoms with Gasteiger partial charge in [0, 0.05) is 18.0 Å². The van der Waals surface area contributed by atoms with Crippen molar-refractivity contribution in [2.24, 2.45) is 0 Å². The average Bonchev–Trinajstić information content (AvgIpc) is 2.50. The van der Waals surface area contributed by atoms with Gasteiger partial charge in [0.1, 0.15) is 11.4 Å². The summed E-state index contributed by atoms with van der Waals surface area (Å²) in [6, 6.07) is 5.22. The number of unbranched alkanes of at least 4 members (excludes halogenated alkanes) is 1. The topological polar surface area (TPSA) is 63.5 Å². The lowest BCUT2D eigenvalue weighted by atomic mass is 10.1. The van der Waals surface area contributed by atoms with Crippen molar-refractivity contribution >= 4 is 34.0 Å². The van der Waals surface area contributed by atoms with Crippen molar-refractivity contribution in [1.29, 1.82) is 0 Å². The van der Waals surface area contributed by atoms with Gasteiger partial charge in [0.2, 0.25) is 0 Å². The molecule has 124 valence electrons. The zero-order valence-electron chi connectivity index (χ0n) is 13.7. The van der Waals surface area contributed by atoms with Crippen molar-refractivity contribution in [2.75, 3.05) is 18.5 Å². The Morgan fingerprint density at radius 3 is 2.83 bits per heavy atom. The molecule has 1 aromatic carbocycles. The zero-order chi connectivity index (χ0) is 16.8. The van der Waals surface area contributed by atoms with Crippen LogP contribution in [0.4, 0.5) is 5.69 Å². The summed E-state index contributed by atoms with van der Waals surface area (Å²) in [5.74, 6) is 0.605. The molecule has 6 heteroatoms. The molecule has 2 rings (SSSR count). The number of ether oxygens (including phenoxy) is 1. The number of benzene rings is 1. The summed E-state index contributed by atoms with van der Waals surface area (Å²) >= 11 is 5.32. The van der Waals surface area contributed by atoms with Gasteiger partial charge in [0.05, 0.1) is 6.61 Å². The highest BCUT2D eigenvalue weighted by Crippen LogP contribution is 2.34. The highest BCUT2D eigenvalue weighted by atomic mass is 32.1. The Morgan fingerprint density at radius 2 is 2.13 bits per heavy atom. The molecule has 0 aliphatic carbocycles.